The molecule has 4 N–H and O–H groups in total. The van der Waals surface area contributed by atoms with E-state index in [-0.39, 0.29) is 36.3 Å². The minimum atomic E-state index is -0.544. The predicted octanol–water partition coefficient (Wildman–Crippen LogP) is 2.03. The summed E-state index contributed by atoms with van der Waals surface area (Å²) < 4.78 is 5.29. The van der Waals surface area contributed by atoms with Crippen LogP contribution in [0, 0.1) is 6.92 Å². The number of fused-ring (bicyclic) bond motifs is 1. The number of carbonyl (C=O) groups is 1. The third-order valence-corrected chi connectivity index (χ3v) is 4.54. The maximum absolute atomic E-state index is 12.3. The zero-order chi connectivity index (χ0) is 21.8. The van der Waals surface area contributed by atoms with E-state index in [1.54, 1.807) is 24.3 Å². The Kier molecular flexibility index (Phi) is 5.52. The van der Waals surface area contributed by atoms with E-state index >= 15 is 0 Å². The molecule has 2 aromatic carbocycles. The van der Waals surface area contributed by atoms with Gasteiger partial charge in [0.15, 0.2) is 12.4 Å². The molecule has 0 saturated heterocycles. The average molecular weight is 417 g/mol. The number of para-hydroxylation sites is 1. The molecule has 0 aliphatic heterocycles. The van der Waals surface area contributed by atoms with E-state index in [9.17, 15) is 9.59 Å². The first-order valence-electron chi connectivity index (χ1n) is 9.44. The van der Waals surface area contributed by atoms with Gasteiger partial charge in [-0.05, 0) is 24.6 Å². The molecule has 2 heterocycles. The van der Waals surface area contributed by atoms with Crippen LogP contribution in [0.4, 0.5) is 17.6 Å². The van der Waals surface area contributed by atoms with Crippen LogP contribution in [0.25, 0.3) is 10.8 Å². The quantitative estimate of drug-likeness (QED) is 0.401. The minimum Gasteiger partial charge on any atom is -0.457 e. The van der Waals surface area contributed by atoms with Gasteiger partial charge in [-0.15, -0.1) is 0 Å². The number of carbonyl (C=O) groups excluding carboxylic acids is 1. The van der Waals surface area contributed by atoms with Crippen LogP contribution in [0.3, 0.4) is 0 Å². The summed E-state index contributed by atoms with van der Waals surface area (Å²) in [5, 5.41) is 10.5. The number of anilines is 3. The van der Waals surface area contributed by atoms with Crippen LogP contribution in [0.15, 0.2) is 53.3 Å². The number of nitrogen functional groups attached to an aromatic ring is 1. The number of rotatable bonds is 6. The molecule has 0 spiro atoms. The van der Waals surface area contributed by atoms with Crippen molar-refractivity contribution in [1.82, 2.24) is 25.1 Å². The summed E-state index contributed by atoms with van der Waals surface area (Å²) >= 11 is 0. The first-order valence-corrected chi connectivity index (χ1v) is 9.44. The number of nitrogens with one attached hydrogen (secondary N) is 2. The molecule has 2 aromatic heterocycles. The lowest BCUT2D eigenvalue weighted by Crippen LogP contribution is -2.16. The smallest absolute Gasteiger partial charge is 0.312 e. The van der Waals surface area contributed by atoms with Crippen molar-refractivity contribution in [3.8, 4) is 0 Å². The Morgan fingerprint density at radius 2 is 1.81 bits per heavy atom. The van der Waals surface area contributed by atoms with Crippen LogP contribution in [-0.4, -0.2) is 31.1 Å². The molecule has 0 fully saturated rings. The number of aryl methyl sites for hydroxylation is 1. The second-order valence-electron chi connectivity index (χ2n) is 6.76. The summed E-state index contributed by atoms with van der Waals surface area (Å²) in [6.07, 6.45) is -0.119. The first kappa shape index (κ1) is 20.0. The van der Waals surface area contributed by atoms with Gasteiger partial charge in [0, 0.05) is 11.1 Å². The fourth-order valence-corrected chi connectivity index (χ4v) is 3.03. The summed E-state index contributed by atoms with van der Waals surface area (Å²) in [5.74, 6) is -0.0834. The van der Waals surface area contributed by atoms with Crippen LogP contribution in [0.2, 0.25) is 0 Å². The number of nitrogens with zero attached hydrogens (tertiary/aromatic N) is 4. The molecule has 31 heavy (non-hydrogen) atoms. The highest BCUT2D eigenvalue weighted by Crippen LogP contribution is 2.18. The van der Waals surface area contributed by atoms with E-state index in [2.05, 4.69) is 30.5 Å². The van der Waals surface area contributed by atoms with Gasteiger partial charge in [-0.2, -0.15) is 20.1 Å². The summed E-state index contributed by atoms with van der Waals surface area (Å²) in [4.78, 5) is 36.6. The van der Waals surface area contributed by atoms with E-state index in [4.69, 9.17) is 10.5 Å². The summed E-state index contributed by atoms with van der Waals surface area (Å²) in [5.41, 5.74) is 7.70. The SMILES string of the molecule is Cc1ccccc1Nc1nc(N)nc(COC(=O)Cc2n[nH]c(=O)c3ccccc23)n1. The van der Waals surface area contributed by atoms with Crippen LogP contribution in [0.1, 0.15) is 17.1 Å². The maximum atomic E-state index is 12.3. The standard InChI is InChI=1S/C21H19N7O3/c1-12-6-2-5-9-15(12)23-21-25-17(24-20(22)26-21)11-31-18(29)10-16-13-7-3-4-8-14(13)19(30)28-27-16/h2-9H,10-11H2,1H3,(H,28,30)(H3,22,23,24,25,26). The Balaban J connectivity index is 1.45. The molecule has 0 bridgehead atoms. The molecule has 4 aromatic rings. The van der Waals surface area contributed by atoms with Crippen LogP contribution < -0.4 is 16.6 Å². The van der Waals surface area contributed by atoms with E-state index < -0.39 is 5.97 Å². The molecule has 10 heteroatoms. The molecule has 0 aliphatic carbocycles. The third-order valence-electron chi connectivity index (χ3n) is 4.54. The van der Waals surface area contributed by atoms with Crippen molar-refractivity contribution in [3.05, 3.63) is 76.0 Å². The number of ether oxygens (including phenoxy) is 1. The molecule has 0 saturated carbocycles. The van der Waals surface area contributed by atoms with Gasteiger partial charge in [-0.25, -0.2) is 5.10 Å². The second-order valence-corrected chi connectivity index (χ2v) is 6.76. The molecule has 0 radical (unpaired) electrons. The zero-order valence-corrected chi connectivity index (χ0v) is 16.6. The molecular formula is C21H19N7O3. The van der Waals surface area contributed by atoms with Gasteiger partial charge < -0.3 is 15.8 Å². The highest BCUT2D eigenvalue weighted by atomic mass is 16.5. The van der Waals surface area contributed by atoms with Crippen LogP contribution in [0.5, 0.6) is 0 Å². The van der Waals surface area contributed by atoms with Crippen LogP contribution >= 0.6 is 0 Å². The molecule has 0 unspecified atom stereocenters. The van der Waals surface area contributed by atoms with Crippen molar-refractivity contribution in [2.24, 2.45) is 0 Å². The van der Waals surface area contributed by atoms with Crippen molar-refractivity contribution < 1.29 is 9.53 Å². The molecule has 4 rings (SSSR count). The number of hydrogen-bond donors (Lipinski definition) is 3. The molecular weight excluding hydrogens is 398 g/mol. The lowest BCUT2D eigenvalue weighted by molar-refractivity contribution is -0.144. The van der Waals surface area contributed by atoms with Gasteiger partial charge >= 0.3 is 5.97 Å². The molecule has 10 nitrogen and oxygen atoms in total. The Morgan fingerprint density at radius 3 is 2.61 bits per heavy atom. The fraction of sp³-hybridized carbons (Fsp3) is 0.143. The first-order chi connectivity index (χ1) is 15.0. The van der Waals surface area contributed by atoms with Gasteiger partial charge in [0.2, 0.25) is 11.9 Å². The normalized spacial score (nSPS) is 10.7. The summed E-state index contributed by atoms with van der Waals surface area (Å²) in [7, 11) is 0. The number of aromatic amines is 1. The van der Waals surface area contributed by atoms with Crippen molar-refractivity contribution in [1.29, 1.82) is 0 Å². The van der Waals surface area contributed by atoms with E-state index in [1.165, 1.54) is 0 Å². The zero-order valence-electron chi connectivity index (χ0n) is 16.6. The highest BCUT2D eigenvalue weighted by molar-refractivity contribution is 5.86. The number of hydrogen-bond acceptors (Lipinski definition) is 9. The fourth-order valence-electron chi connectivity index (χ4n) is 3.03. The number of benzene rings is 2. The topological polar surface area (TPSA) is 149 Å². The van der Waals surface area contributed by atoms with Gasteiger partial charge in [0.25, 0.3) is 5.56 Å². The number of H-pyrrole nitrogens is 1. The number of nitrogens with two attached hydrogens (primary N) is 1. The number of aromatic nitrogens is 5. The highest BCUT2D eigenvalue weighted by Gasteiger charge is 2.13. The van der Waals surface area contributed by atoms with Crippen molar-refractivity contribution in [2.75, 3.05) is 11.1 Å². The Hall–Kier alpha value is -4.34. The molecule has 156 valence electrons. The van der Waals surface area contributed by atoms with Crippen molar-refractivity contribution in [2.45, 2.75) is 20.0 Å². The molecule has 0 aliphatic rings. The minimum absolute atomic E-state index is 0.00503. The van der Waals surface area contributed by atoms with Gasteiger partial charge in [0.1, 0.15) is 0 Å². The summed E-state index contributed by atoms with van der Waals surface area (Å²) in [6.45, 7) is 1.76. The van der Waals surface area contributed by atoms with Crippen molar-refractivity contribution >= 4 is 34.3 Å². The van der Waals surface area contributed by atoms with Crippen LogP contribution in [-0.2, 0) is 22.6 Å². The predicted molar refractivity (Wildman–Crippen MR) is 115 cm³/mol. The lowest BCUT2D eigenvalue weighted by atomic mass is 10.1. The average Bonchev–Trinajstić information content (AvgIpc) is 2.76. The Bertz CT molecular complexity index is 1320. The monoisotopic (exact) mass is 417 g/mol. The number of esters is 1. The molecule has 0 amide bonds. The maximum Gasteiger partial charge on any atom is 0.312 e. The van der Waals surface area contributed by atoms with Gasteiger partial charge in [-0.3, -0.25) is 9.59 Å². The van der Waals surface area contributed by atoms with Gasteiger partial charge in [-0.1, -0.05) is 36.4 Å². The second kappa shape index (κ2) is 8.57. The van der Waals surface area contributed by atoms with Gasteiger partial charge in [0.05, 0.1) is 17.5 Å². The third kappa shape index (κ3) is 4.64. The van der Waals surface area contributed by atoms with E-state index in [1.807, 2.05) is 31.2 Å². The Labute approximate surface area is 176 Å². The largest absolute Gasteiger partial charge is 0.457 e. The van der Waals surface area contributed by atoms with E-state index in [0.29, 0.717) is 16.5 Å². The van der Waals surface area contributed by atoms with Crippen molar-refractivity contribution in [3.63, 3.8) is 0 Å². The van der Waals surface area contributed by atoms with E-state index in [0.717, 1.165) is 11.3 Å². The lowest BCUT2D eigenvalue weighted by Gasteiger charge is -2.10. The molecule has 0 atom stereocenters. The Morgan fingerprint density at radius 1 is 1.06 bits per heavy atom. The summed E-state index contributed by atoms with van der Waals surface area (Å²) in [6, 6.07) is 14.6.